The predicted molar refractivity (Wildman–Crippen MR) is 93.5 cm³/mol. The summed E-state index contributed by atoms with van der Waals surface area (Å²) in [6.07, 6.45) is 1.67. The first-order valence-corrected chi connectivity index (χ1v) is 8.32. The van der Waals surface area contributed by atoms with E-state index in [4.69, 9.17) is 10.2 Å². The zero-order valence-electron chi connectivity index (χ0n) is 15.0. The summed E-state index contributed by atoms with van der Waals surface area (Å²) in [5.74, 6) is -1.83. The minimum atomic E-state index is -1.11. The number of amides is 4. The number of hydrogen-bond acceptors (Lipinski definition) is 5. The van der Waals surface area contributed by atoms with Crippen LogP contribution >= 0.6 is 0 Å². The lowest BCUT2D eigenvalue weighted by atomic mass is 9.76. The number of para-hydroxylation sites is 1. The van der Waals surface area contributed by atoms with Crippen LogP contribution in [-0.2, 0) is 9.59 Å². The van der Waals surface area contributed by atoms with Gasteiger partial charge < -0.3 is 10.2 Å². The van der Waals surface area contributed by atoms with E-state index in [1.54, 1.807) is 19.1 Å². The van der Waals surface area contributed by atoms with Gasteiger partial charge in [0, 0.05) is 0 Å². The van der Waals surface area contributed by atoms with Gasteiger partial charge in [0.25, 0.3) is 0 Å². The highest BCUT2D eigenvalue weighted by Crippen LogP contribution is 2.32. The molecule has 0 aromatic heterocycles. The molecule has 0 unspecified atom stereocenters. The van der Waals surface area contributed by atoms with Crippen LogP contribution in [0.25, 0.3) is 0 Å². The zero-order valence-corrected chi connectivity index (χ0v) is 15.0. The molecule has 4 amide bonds. The number of aromatic carboxylic acids is 1. The molecule has 1 fully saturated rings. The second-order valence-corrected chi connectivity index (χ2v) is 6.43. The number of aromatic hydroxyl groups is 1. The SMILES string of the molecule is CCC1(CCC(C)C)C(=O)NC(=O)NC1=O.O=C(O)c1ccccc1O. The molecule has 1 heterocycles. The van der Waals surface area contributed by atoms with Gasteiger partial charge in [0.15, 0.2) is 0 Å². The molecule has 0 radical (unpaired) electrons. The van der Waals surface area contributed by atoms with Crippen molar-refractivity contribution in [1.82, 2.24) is 10.6 Å². The summed E-state index contributed by atoms with van der Waals surface area (Å²) < 4.78 is 0. The maximum Gasteiger partial charge on any atom is 0.339 e. The molecule has 1 aromatic carbocycles. The highest BCUT2D eigenvalue weighted by Gasteiger charge is 2.48. The minimum Gasteiger partial charge on any atom is -0.507 e. The van der Waals surface area contributed by atoms with Crippen LogP contribution in [0.4, 0.5) is 4.79 Å². The lowest BCUT2D eigenvalue weighted by Crippen LogP contribution is -2.62. The van der Waals surface area contributed by atoms with E-state index in [1.807, 2.05) is 13.8 Å². The van der Waals surface area contributed by atoms with Gasteiger partial charge in [0.2, 0.25) is 11.8 Å². The van der Waals surface area contributed by atoms with Crippen LogP contribution in [0.3, 0.4) is 0 Å². The molecular weight excluding hydrogens is 340 g/mol. The van der Waals surface area contributed by atoms with Crippen LogP contribution in [0.5, 0.6) is 5.75 Å². The Balaban J connectivity index is 0.000000289. The summed E-state index contributed by atoms with van der Waals surface area (Å²) in [6, 6.07) is 5.09. The Morgan fingerprint density at radius 3 is 2.04 bits per heavy atom. The maximum atomic E-state index is 11.8. The molecule has 0 saturated carbocycles. The van der Waals surface area contributed by atoms with Crippen molar-refractivity contribution in [2.45, 2.75) is 40.0 Å². The third kappa shape index (κ3) is 5.05. The fourth-order valence-electron chi connectivity index (χ4n) is 2.49. The van der Waals surface area contributed by atoms with Gasteiger partial charge in [0.1, 0.15) is 16.7 Å². The molecule has 1 saturated heterocycles. The number of carbonyl (C=O) groups excluding carboxylic acids is 3. The Kier molecular flexibility index (Phi) is 7.30. The smallest absolute Gasteiger partial charge is 0.339 e. The number of urea groups is 1. The number of phenols is 1. The molecule has 1 aromatic rings. The first-order valence-electron chi connectivity index (χ1n) is 8.32. The minimum absolute atomic E-state index is 0.0671. The molecule has 1 aliphatic heterocycles. The summed E-state index contributed by atoms with van der Waals surface area (Å²) >= 11 is 0. The van der Waals surface area contributed by atoms with E-state index < -0.39 is 29.2 Å². The molecule has 2 rings (SSSR count). The molecule has 1 aliphatic rings. The summed E-state index contributed by atoms with van der Waals surface area (Å²) in [5, 5.41) is 21.6. The van der Waals surface area contributed by atoms with Crippen molar-refractivity contribution in [3.8, 4) is 5.75 Å². The van der Waals surface area contributed by atoms with E-state index in [9.17, 15) is 19.2 Å². The van der Waals surface area contributed by atoms with Gasteiger partial charge in [-0.1, -0.05) is 32.9 Å². The Hall–Kier alpha value is -2.90. The quantitative estimate of drug-likeness (QED) is 0.592. The van der Waals surface area contributed by atoms with Crippen LogP contribution in [0.15, 0.2) is 24.3 Å². The fourth-order valence-corrected chi connectivity index (χ4v) is 2.49. The van der Waals surface area contributed by atoms with Crippen LogP contribution < -0.4 is 10.6 Å². The second-order valence-electron chi connectivity index (χ2n) is 6.43. The molecule has 142 valence electrons. The van der Waals surface area contributed by atoms with Crippen molar-refractivity contribution in [3.05, 3.63) is 29.8 Å². The number of benzene rings is 1. The molecule has 0 spiro atoms. The van der Waals surface area contributed by atoms with Crippen molar-refractivity contribution in [2.24, 2.45) is 11.3 Å². The van der Waals surface area contributed by atoms with Gasteiger partial charge >= 0.3 is 12.0 Å². The third-order valence-electron chi connectivity index (χ3n) is 4.21. The topological polar surface area (TPSA) is 133 Å². The van der Waals surface area contributed by atoms with Crippen molar-refractivity contribution in [1.29, 1.82) is 0 Å². The molecule has 0 bridgehead atoms. The third-order valence-corrected chi connectivity index (χ3v) is 4.21. The van der Waals surface area contributed by atoms with Crippen molar-refractivity contribution < 1.29 is 29.4 Å². The zero-order chi connectivity index (χ0) is 19.9. The number of hydrogen-bond donors (Lipinski definition) is 4. The lowest BCUT2D eigenvalue weighted by Gasteiger charge is -2.33. The Labute approximate surface area is 151 Å². The highest BCUT2D eigenvalue weighted by molar-refractivity contribution is 6.19. The average molecular weight is 364 g/mol. The van der Waals surface area contributed by atoms with Crippen LogP contribution in [-0.4, -0.2) is 34.0 Å². The van der Waals surface area contributed by atoms with Gasteiger partial charge in [-0.05, 0) is 37.3 Å². The van der Waals surface area contributed by atoms with E-state index in [1.165, 1.54) is 12.1 Å². The van der Waals surface area contributed by atoms with Crippen molar-refractivity contribution in [2.75, 3.05) is 0 Å². The number of rotatable bonds is 5. The monoisotopic (exact) mass is 364 g/mol. The summed E-state index contributed by atoms with van der Waals surface area (Å²) in [5.41, 5.74) is -1.14. The Bertz CT molecular complexity index is 679. The van der Waals surface area contributed by atoms with E-state index >= 15 is 0 Å². The molecule has 0 atom stereocenters. The van der Waals surface area contributed by atoms with Crippen LogP contribution in [0.2, 0.25) is 0 Å². The molecule has 0 aliphatic carbocycles. The van der Waals surface area contributed by atoms with Gasteiger partial charge in [0.05, 0.1) is 0 Å². The molecular formula is C18H24N2O6. The number of carbonyl (C=O) groups is 4. The summed E-state index contributed by atoms with van der Waals surface area (Å²) in [7, 11) is 0. The first-order chi connectivity index (χ1) is 12.1. The van der Waals surface area contributed by atoms with E-state index in [0.717, 1.165) is 6.42 Å². The Morgan fingerprint density at radius 2 is 1.65 bits per heavy atom. The number of carboxylic acid groups (broad SMARTS) is 1. The van der Waals surface area contributed by atoms with E-state index in [2.05, 4.69) is 10.6 Å². The Morgan fingerprint density at radius 1 is 1.12 bits per heavy atom. The van der Waals surface area contributed by atoms with Gasteiger partial charge in [-0.2, -0.15) is 0 Å². The molecule has 26 heavy (non-hydrogen) atoms. The summed E-state index contributed by atoms with van der Waals surface area (Å²) in [6.45, 7) is 5.86. The molecule has 8 heteroatoms. The number of nitrogens with one attached hydrogen (secondary N) is 2. The molecule has 8 nitrogen and oxygen atoms in total. The standard InChI is InChI=1S/C11H18N2O3.C7H6O3/c1-4-11(6-5-7(2)3)8(14)12-10(16)13-9(11)15;8-6-4-2-1-3-5(6)7(9)10/h7H,4-6H2,1-3H3,(H2,12,13,14,15,16);1-4,8H,(H,9,10). The predicted octanol–water partition coefficient (Wildman–Crippen LogP) is 2.28. The van der Waals surface area contributed by atoms with Crippen molar-refractivity contribution >= 4 is 23.8 Å². The van der Waals surface area contributed by atoms with Crippen molar-refractivity contribution in [3.63, 3.8) is 0 Å². The van der Waals surface area contributed by atoms with E-state index in [-0.39, 0.29) is 11.3 Å². The van der Waals surface area contributed by atoms with Crippen LogP contribution in [0, 0.1) is 11.3 Å². The summed E-state index contributed by atoms with van der Waals surface area (Å²) in [4.78, 5) is 44.8. The van der Waals surface area contributed by atoms with Gasteiger partial charge in [-0.25, -0.2) is 9.59 Å². The van der Waals surface area contributed by atoms with E-state index in [0.29, 0.717) is 18.8 Å². The van der Waals surface area contributed by atoms with Gasteiger partial charge in [-0.15, -0.1) is 0 Å². The second kappa shape index (κ2) is 8.98. The average Bonchev–Trinajstić information content (AvgIpc) is 2.55. The van der Waals surface area contributed by atoms with Gasteiger partial charge in [-0.3, -0.25) is 20.2 Å². The normalized spacial score (nSPS) is 15.6. The first kappa shape index (κ1) is 21.1. The lowest BCUT2D eigenvalue weighted by molar-refractivity contribution is -0.145. The fraction of sp³-hybridized carbons (Fsp3) is 0.444. The maximum absolute atomic E-state index is 11.8. The highest BCUT2D eigenvalue weighted by atomic mass is 16.4. The van der Waals surface area contributed by atoms with Crippen LogP contribution in [0.1, 0.15) is 50.4 Å². The largest absolute Gasteiger partial charge is 0.507 e. The molecule has 4 N–H and O–H groups in total. The number of barbiturate groups is 1. The number of imide groups is 2. The number of carboxylic acids is 1.